The molecule has 0 saturated heterocycles. The highest BCUT2D eigenvalue weighted by Gasteiger charge is 2.12. The van der Waals surface area contributed by atoms with Crippen LogP contribution in [0.4, 0.5) is 0 Å². The van der Waals surface area contributed by atoms with E-state index in [1.807, 2.05) is 24.9 Å². The van der Waals surface area contributed by atoms with Gasteiger partial charge < -0.3 is 5.32 Å². The van der Waals surface area contributed by atoms with Crippen molar-refractivity contribution in [2.24, 2.45) is 7.05 Å². The molecule has 3 heteroatoms. The standard InChI is InChI=1S/C11H19N3/c1-5-6-9(2)11-10(7-12-3)8-14(4)13-11/h5,8-9,12H,1,6-7H2,2-4H3. The first-order valence-corrected chi connectivity index (χ1v) is 4.97. The Balaban J connectivity index is 2.87. The van der Waals surface area contributed by atoms with Crippen LogP contribution < -0.4 is 5.32 Å². The van der Waals surface area contributed by atoms with Gasteiger partial charge in [-0.15, -0.1) is 6.58 Å². The van der Waals surface area contributed by atoms with Gasteiger partial charge in [-0.3, -0.25) is 4.68 Å². The Morgan fingerprint density at radius 1 is 1.71 bits per heavy atom. The fourth-order valence-electron chi connectivity index (χ4n) is 1.66. The van der Waals surface area contributed by atoms with Crippen molar-refractivity contribution in [3.8, 4) is 0 Å². The van der Waals surface area contributed by atoms with Crippen LogP contribution in [0.2, 0.25) is 0 Å². The fourth-order valence-corrected chi connectivity index (χ4v) is 1.66. The lowest BCUT2D eigenvalue weighted by molar-refractivity contribution is 0.681. The van der Waals surface area contributed by atoms with Crippen LogP contribution in [0.3, 0.4) is 0 Å². The van der Waals surface area contributed by atoms with E-state index in [2.05, 4.69) is 30.1 Å². The van der Waals surface area contributed by atoms with Crippen LogP contribution in [-0.2, 0) is 13.6 Å². The van der Waals surface area contributed by atoms with Gasteiger partial charge in [0.15, 0.2) is 0 Å². The largest absolute Gasteiger partial charge is 0.316 e. The number of rotatable bonds is 5. The van der Waals surface area contributed by atoms with E-state index in [-0.39, 0.29) is 0 Å². The van der Waals surface area contributed by atoms with Gasteiger partial charge in [0, 0.05) is 31.3 Å². The fraction of sp³-hybridized carbons (Fsp3) is 0.545. The summed E-state index contributed by atoms with van der Waals surface area (Å²) in [4.78, 5) is 0. The monoisotopic (exact) mass is 193 g/mol. The Labute approximate surface area is 85.8 Å². The average molecular weight is 193 g/mol. The number of nitrogens with one attached hydrogen (secondary N) is 1. The van der Waals surface area contributed by atoms with E-state index in [9.17, 15) is 0 Å². The molecule has 14 heavy (non-hydrogen) atoms. The van der Waals surface area contributed by atoms with Crippen LogP contribution in [0.5, 0.6) is 0 Å². The minimum atomic E-state index is 0.456. The first-order valence-electron chi connectivity index (χ1n) is 4.97. The van der Waals surface area contributed by atoms with E-state index in [1.165, 1.54) is 11.3 Å². The smallest absolute Gasteiger partial charge is 0.0700 e. The van der Waals surface area contributed by atoms with E-state index in [0.29, 0.717) is 5.92 Å². The van der Waals surface area contributed by atoms with E-state index in [4.69, 9.17) is 0 Å². The number of aromatic nitrogens is 2. The maximum atomic E-state index is 4.48. The maximum absolute atomic E-state index is 4.48. The van der Waals surface area contributed by atoms with Crippen molar-refractivity contribution in [2.75, 3.05) is 7.05 Å². The first kappa shape index (κ1) is 11.0. The van der Waals surface area contributed by atoms with Crippen LogP contribution in [0, 0.1) is 0 Å². The van der Waals surface area contributed by atoms with Gasteiger partial charge in [-0.1, -0.05) is 13.0 Å². The minimum Gasteiger partial charge on any atom is -0.316 e. The van der Waals surface area contributed by atoms with Gasteiger partial charge in [0.1, 0.15) is 0 Å². The molecule has 1 heterocycles. The molecule has 1 unspecified atom stereocenters. The molecule has 1 rings (SSSR count). The predicted octanol–water partition coefficient (Wildman–Crippen LogP) is 1.82. The molecule has 0 aromatic carbocycles. The van der Waals surface area contributed by atoms with Gasteiger partial charge >= 0.3 is 0 Å². The highest BCUT2D eigenvalue weighted by atomic mass is 15.3. The molecule has 0 saturated carbocycles. The average Bonchev–Trinajstić information content (AvgIpc) is 2.48. The highest BCUT2D eigenvalue weighted by molar-refractivity contribution is 5.21. The number of hydrogen-bond acceptors (Lipinski definition) is 2. The van der Waals surface area contributed by atoms with Gasteiger partial charge in [0.2, 0.25) is 0 Å². The second-order valence-electron chi connectivity index (χ2n) is 3.67. The molecule has 78 valence electrons. The lowest BCUT2D eigenvalue weighted by Gasteiger charge is -2.07. The van der Waals surface area contributed by atoms with Crippen molar-refractivity contribution in [1.29, 1.82) is 0 Å². The Bertz CT molecular complexity index is 301. The number of nitrogens with zero attached hydrogens (tertiary/aromatic N) is 2. The van der Waals surface area contributed by atoms with Crippen molar-refractivity contribution in [2.45, 2.75) is 25.8 Å². The van der Waals surface area contributed by atoms with Crippen LogP contribution in [-0.4, -0.2) is 16.8 Å². The second-order valence-corrected chi connectivity index (χ2v) is 3.67. The lowest BCUT2D eigenvalue weighted by atomic mass is 10.0. The summed E-state index contributed by atoms with van der Waals surface area (Å²) in [5.74, 6) is 0.456. The van der Waals surface area contributed by atoms with Gasteiger partial charge in [-0.2, -0.15) is 5.10 Å². The molecule has 0 spiro atoms. The van der Waals surface area contributed by atoms with Crippen molar-refractivity contribution < 1.29 is 0 Å². The molecule has 0 aliphatic heterocycles. The molecule has 1 atom stereocenters. The van der Waals surface area contributed by atoms with Crippen LogP contribution in [0.25, 0.3) is 0 Å². The molecular formula is C11H19N3. The third-order valence-corrected chi connectivity index (χ3v) is 2.29. The Kier molecular flexibility index (Phi) is 3.89. The van der Waals surface area contributed by atoms with Crippen molar-refractivity contribution >= 4 is 0 Å². The van der Waals surface area contributed by atoms with E-state index in [0.717, 1.165) is 13.0 Å². The molecule has 0 aliphatic carbocycles. The summed E-state index contributed by atoms with van der Waals surface area (Å²) in [6, 6.07) is 0. The Hall–Kier alpha value is -1.09. The summed E-state index contributed by atoms with van der Waals surface area (Å²) < 4.78 is 1.88. The molecule has 0 fully saturated rings. The number of aryl methyl sites for hydroxylation is 1. The summed E-state index contributed by atoms with van der Waals surface area (Å²) >= 11 is 0. The first-order chi connectivity index (χ1) is 6.69. The van der Waals surface area contributed by atoms with Crippen molar-refractivity contribution in [1.82, 2.24) is 15.1 Å². The third-order valence-electron chi connectivity index (χ3n) is 2.29. The van der Waals surface area contributed by atoms with Crippen LogP contribution in [0.15, 0.2) is 18.9 Å². The maximum Gasteiger partial charge on any atom is 0.0700 e. The van der Waals surface area contributed by atoms with Crippen LogP contribution >= 0.6 is 0 Å². The number of hydrogen-bond donors (Lipinski definition) is 1. The second kappa shape index (κ2) is 4.96. The normalized spacial score (nSPS) is 12.8. The topological polar surface area (TPSA) is 29.9 Å². The van der Waals surface area contributed by atoms with Crippen molar-refractivity contribution in [3.63, 3.8) is 0 Å². The predicted molar refractivity (Wildman–Crippen MR) is 59.2 cm³/mol. The van der Waals surface area contributed by atoms with E-state index in [1.54, 1.807) is 0 Å². The summed E-state index contributed by atoms with van der Waals surface area (Å²) in [7, 11) is 3.91. The zero-order valence-electron chi connectivity index (χ0n) is 9.25. The zero-order valence-corrected chi connectivity index (χ0v) is 9.25. The Morgan fingerprint density at radius 3 is 3.00 bits per heavy atom. The van der Waals surface area contributed by atoms with Gasteiger partial charge in [-0.05, 0) is 13.5 Å². The van der Waals surface area contributed by atoms with E-state index < -0.39 is 0 Å². The molecule has 1 N–H and O–H groups in total. The molecule has 3 nitrogen and oxygen atoms in total. The SMILES string of the molecule is C=CCC(C)c1nn(C)cc1CNC. The zero-order chi connectivity index (χ0) is 10.6. The summed E-state index contributed by atoms with van der Waals surface area (Å²) in [5, 5.41) is 7.63. The number of allylic oxidation sites excluding steroid dienone is 1. The molecule has 0 radical (unpaired) electrons. The molecule has 0 aliphatic rings. The minimum absolute atomic E-state index is 0.456. The third kappa shape index (κ3) is 2.45. The molecule has 1 aromatic rings. The highest BCUT2D eigenvalue weighted by Crippen LogP contribution is 2.21. The summed E-state index contributed by atoms with van der Waals surface area (Å²) in [6.45, 7) is 6.82. The molecular weight excluding hydrogens is 174 g/mol. The molecule has 0 amide bonds. The van der Waals surface area contributed by atoms with Crippen LogP contribution in [0.1, 0.15) is 30.5 Å². The van der Waals surface area contributed by atoms with E-state index >= 15 is 0 Å². The quantitative estimate of drug-likeness (QED) is 0.723. The molecule has 0 bridgehead atoms. The molecule has 1 aromatic heterocycles. The van der Waals surface area contributed by atoms with Gasteiger partial charge in [-0.25, -0.2) is 0 Å². The lowest BCUT2D eigenvalue weighted by Crippen LogP contribution is -2.07. The van der Waals surface area contributed by atoms with Gasteiger partial charge in [0.05, 0.1) is 5.69 Å². The Morgan fingerprint density at radius 2 is 2.43 bits per heavy atom. The summed E-state index contributed by atoms with van der Waals surface area (Å²) in [6.07, 6.45) is 5.00. The van der Waals surface area contributed by atoms with Crippen molar-refractivity contribution in [3.05, 3.63) is 30.1 Å². The van der Waals surface area contributed by atoms with Gasteiger partial charge in [0.25, 0.3) is 0 Å². The summed E-state index contributed by atoms with van der Waals surface area (Å²) in [5.41, 5.74) is 2.46.